The largest absolute Gasteiger partial charge is 0.480 e. The van der Waals surface area contributed by atoms with Gasteiger partial charge in [0.05, 0.1) is 13.2 Å². The number of hydrogen-bond acceptors (Lipinski definition) is 5. The molecule has 1 rings (SSSR count). The average Bonchev–Trinajstić information content (AvgIpc) is 2.92. The molecule has 120 valence electrons. The molecular weight excluding hydrogens is 280 g/mol. The Kier molecular flexibility index (Phi) is 6.93. The van der Waals surface area contributed by atoms with Gasteiger partial charge in [0.1, 0.15) is 12.6 Å². The number of urea groups is 1. The summed E-state index contributed by atoms with van der Waals surface area (Å²) in [6.07, 6.45) is 1.07. The Balaban J connectivity index is 2.73. The van der Waals surface area contributed by atoms with Crippen LogP contribution in [-0.4, -0.2) is 78.9 Å². The average molecular weight is 302 g/mol. The summed E-state index contributed by atoms with van der Waals surface area (Å²) in [5.41, 5.74) is 0. The van der Waals surface area contributed by atoms with E-state index in [0.29, 0.717) is 19.4 Å². The normalized spacial score (nSPS) is 17.6. The molecule has 1 aliphatic rings. The van der Waals surface area contributed by atoms with Crippen LogP contribution in [0.5, 0.6) is 0 Å². The fourth-order valence-electron chi connectivity index (χ4n) is 2.24. The Hall–Kier alpha value is -1.83. The first-order valence-corrected chi connectivity index (χ1v) is 6.94. The Bertz CT molecular complexity index is 387. The number of methoxy groups -OCH3 is 1. The van der Waals surface area contributed by atoms with Gasteiger partial charge < -0.3 is 24.4 Å². The van der Waals surface area contributed by atoms with E-state index in [1.165, 1.54) is 16.9 Å². The molecule has 0 spiro atoms. The number of aliphatic carboxylic acids is 1. The van der Waals surface area contributed by atoms with Gasteiger partial charge >= 0.3 is 18.0 Å². The molecule has 1 heterocycles. The van der Waals surface area contributed by atoms with Crippen molar-refractivity contribution in [2.45, 2.75) is 25.8 Å². The summed E-state index contributed by atoms with van der Waals surface area (Å²) >= 11 is 0. The molecule has 0 aromatic rings. The van der Waals surface area contributed by atoms with Crippen molar-refractivity contribution >= 4 is 18.0 Å². The first-order chi connectivity index (χ1) is 10.0. The highest BCUT2D eigenvalue weighted by Crippen LogP contribution is 2.19. The molecule has 1 N–H and O–H groups in total. The molecule has 8 nitrogen and oxygen atoms in total. The maximum absolute atomic E-state index is 12.4. The second kappa shape index (κ2) is 8.46. The summed E-state index contributed by atoms with van der Waals surface area (Å²) < 4.78 is 9.75. The summed E-state index contributed by atoms with van der Waals surface area (Å²) in [5.74, 6) is -1.54. The quantitative estimate of drug-likeness (QED) is 0.673. The standard InChI is InChI=1S/C13H22N2O6/c1-3-21-11(16)9-14(7-8-20-2)13(19)15-6-4-5-10(15)12(17)18/h10H,3-9H2,1-2H3,(H,17,18). The zero-order chi connectivity index (χ0) is 15.8. The van der Waals surface area contributed by atoms with Crippen LogP contribution in [0.3, 0.4) is 0 Å². The van der Waals surface area contributed by atoms with Gasteiger partial charge in [-0.3, -0.25) is 4.79 Å². The number of esters is 1. The molecule has 0 aromatic heterocycles. The lowest BCUT2D eigenvalue weighted by molar-refractivity contribution is -0.144. The lowest BCUT2D eigenvalue weighted by atomic mass is 10.2. The van der Waals surface area contributed by atoms with Crippen LogP contribution in [0.1, 0.15) is 19.8 Å². The molecule has 1 fully saturated rings. The summed E-state index contributed by atoms with van der Waals surface area (Å²) in [6.45, 7) is 2.54. The van der Waals surface area contributed by atoms with E-state index in [-0.39, 0.29) is 26.3 Å². The van der Waals surface area contributed by atoms with Gasteiger partial charge in [0.2, 0.25) is 0 Å². The lowest BCUT2D eigenvalue weighted by Gasteiger charge is -2.29. The minimum absolute atomic E-state index is 0.205. The molecule has 2 amide bonds. The third kappa shape index (κ3) is 4.89. The van der Waals surface area contributed by atoms with E-state index in [0.717, 1.165) is 0 Å². The van der Waals surface area contributed by atoms with E-state index in [9.17, 15) is 14.4 Å². The second-order valence-electron chi connectivity index (χ2n) is 4.69. The molecule has 8 heteroatoms. The van der Waals surface area contributed by atoms with Crippen LogP contribution in [0.4, 0.5) is 4.79 Å². The predicted octanol–water partition coefficient (Wildman–Crippen LogP) is 0.167. The Labute approximate surface area is 123 Å². The summed E-state index contributed by atoms with van der Waals surface area (Å²) in [4.78, 5) is 37.7. The van der Waals surface area contributed by atoms with E-state index in [1.54, 1.807) is 6.92 Å². The topological polar surface area (TPSA) is 96.4 Å². The zero-order valence-corrected chi connectivity index (χ0v) is 12.4. The monoisotopic (exact) mass is 302 g/mol. The highest BCUT2D eigenvalue weighted by Gasteiger charge is 2.36. The Morgan fingerprint density at radius 2 is 2.10 bits per heavy atom. The van der Waals surface area contributed by atoms with Crippen LogP contribution in [-0.2, 0) is 19.1 Å². The smallest absolute Gasteiger partial charge is 0.326 e. The van der Waals surface area contributed by atoms with Gasteiger partial charge in [0, 0.05) is 20.2 Å². The van der Waals surface area contributed by atoms with Crippen LogP contribution in [0.15, 0.2) is 0 Å². The maximum Gasteiger partial charge on any atom is 0.326 e. The van der Waals surface area contributed by atoms with Crippen molar-refractivity contribution in [3.8, 4) is 0 Å². The van der Waals surface area contributed by atoms with Crippen molar-refractivity contribution in [2.75, 3.05) is 40.0 Å². The van der Waals surface area contributed by atoms with Gasteiger partial charge in [-0.05, 0) is 19.8 Å². The molecule has 1 saturated heterocycles. The summed E-state index contributed by atoms with van der Waals surface area (Å²) in [5, 5.41) is 9.13. The zero-order valence-electron chi connectivity index (χ0n) is 12.4. The summed E-state index contributed by atoms with van der Waals surface area (Å²) in [7, 11) is 1.49. The molecule has 0 radical (unpaired) electrons. The highest BCUT2D eigenvalue weighted by atomic mass is 16.5. The van der Waals surface area contributed by atoms with Crippen LogP contribution in [0, 0.1) is 0 Å². The van der Waals surface area contributed by atoms with Crippen molar-refractivity contribution < 1.29 is 29.0 Å². The van der Waals surface area contributed by atoms with Crippen LogP contribution in [0.2, 0.25) is 0 Å². The summed E-state index contributed by atoms with van der Waals surface area (Å²) in [6, 6.07) is -1.30. The van der Waals surface area contributed by atoms with E-state index in [2.05, 4.69) is 0 Å². The molecule has 0 aromatic carbocycles. The number of likely N-dealkylation sites (tertiary alicyclic amines) is 1. The molecule has 1 unspecified atom stereocenters. The molecule has 21 heavy (non-hydrogen) atoms. The van der Waals surface area contributed by atoms with Crippen LogP contribution in [0.25, 0.3) is 0 Å². The number of nitrogens with zero attached hydrogens (tertiary/aromatic N) is 2. The van der Waals surface area contributed by atoms with Crippen molar-refractivity contribution in [3.63, 3.8) is 0 Å². The van der Waals surface area contributed by atoms with Crippen molar-refractivity contribution in [3.05, 3.63) is 0 Å². The molecule has 0 saturated carbocycles. The molecular formula is C13H22N2O6. The number of carbonyl (C=O) groups excluding carboxylic acids is 2. The fourth-order valence-corrected chi connectivity index (χ4v) is 2.24. The first-order valence-electron chi connectivity index (χ1n) is 6.94. The van der Waals surface area contributed by atoms with E-state index < -0.39 is 24.0 Å². The van der Waals surface area contributed by atoms with E-state index >= 15 is 0 Å². The van der Waals surface area contributed by atoms with Crippen LogP contribution < -0.4 is 0 Å². The SMILES string of the molecule is CCOC(=O)CN(CCOC)C(=O)N1CCCC1C(=O)O. The number of rotatable bonds is 7. The fraction of sp³-hybridized carbons (Fsp3) is 0.769. The highest BCUT2D eigenvalue weighted by molar-refractivity contribution is 5.85. The van der Waals surface area contributed by atoms with Gasteiger partial charge in [-0.1, -0.05) is 0 Å². The number of hydrogen-bond donors (Lipinski definition) is 1. The first kappa shape index (κ1) is 17.2. The third-order valence-electron chi connectivity index (χ3n) is 3.24. The Morgan fingerprint density at radius 1 is 1.38 bits per heavy atom. The van der Waals surface area contributed by atoms with E-state index in [4.69, 9.17) is 14.6 Å². The van der Waals surface area contributed by atoms with Crippen LogP contribution >= 0.6 is 0 Å². The molecule has 1 aliphatic heterocycles. The van der Waals surface area contributed by atoms with Gasteiger partial charge in [0.25, 0.3) is 0 Å². The van der Waals surface area contributed by atoms with Gasteiger partial charge in [-0.25, -0.2) is 9.59 Å². The minimum Gasteiger partial charge on any atom is -0.480 e. The molecule has 0 bridgehead atoms. The van der Waals surface area contributed by atoms with Gasteiger partial charge in [-0.15, -0.1) is 0 Å². The Morgan fingerprint density at radius 3 is 2.67 bits per heavy atom. The predicted molar refractivity (Wildman–Crippen MR) is 72.8 cm³/mol. The molecule has 0 aliphatic carbocycles. The second-order valence-corrected chi connectivity index (χ2v) is 4.69. The van der Waals surface area contributed by atoms with Crippen molar-refractivity contribution in [1.82, 2.24) is 9.80 Å². The lowest BCUT2D eigenvalue weighted by Crippen LogP contribution is -2.50. The number of carboxylic acid groups (broad SMARTS) is 1. The van der Waals surface area contributed by atoms with Crippen molar-refractivity contribution in [2.24, 2.45) is 0 Å². The minimum atomic E-state index is -1.02. The van der Waals surface area contributed by atoms with E-state index in [1.807, 2.05) is 0 Å². The number of amides is 2. The number of ether oxygens (including phenoxy) is 2. The number of carboxylic acids is 1. The maximum atomic E-state index is 12.4. The number of carbonyl (C=O) groups is 3. The molecule has 1 atom stereocenters. The third-order valence-corrected chi connectivity index (χ3v) is 3.24. The van der Waals surface area contributed by atoms with Gasteiger partial charge in [-0.2, -0.15) is 0 Å². The van der Waals surface area contributed by atoms with Crippen molar-refractivity contribution in [1.29, 1.82) is 0 Å². The van der Waals surface area contributed by atoms with Gasteiger partial charge in [0.15, 0.2) is 0 Å².